The molecule has 0 bridgehead atoms. The summed E-state index contributed by atoms with van der Waals surface area (Å²) in [4.78, 5) is 23.8. The monoisotopic (exact) mass is 204 g/mol. The lowest BCUT2D eigenvalue weighted by Crippen LogP contribution is -2.46. The third-order valence-corrected chi connectivity index (χ3v) is 2.46. The molecule has 1 heterocycles. The summed E-state index contributed by atoms with van der Waals surface area (Å²) < 4.78 is 0. The van der Waals surface area contributed by atoms with Crippen molar-refractivity contribution < 1.29 is 9.59 Å². The summed E-state index contributed by atoms with van der Waals surface area (Å²) in [6.07, 6.45) is 0.743. The molecule has 1 amide bonds. The molecule has 78 valence electrons. The van der Waals surface area contributed by atoms with Gasteiger partial charge in [0.1, 0.15) is 12.3 Å². The number of hydrogen-bond acceptors (Lipinski definition) is 3. The quantitative estimate of drug-likeness (QED) is 0.732. The third kappa shape index (κ3) is 1.58. The number of anilines is 2. The van der Waals surface area contributed by atoms with Gasteiger partial charge in [-0.1, -0.05) is 12.1 Å². The van der Waals surface area contributed by atoms with Crippen molar-refractivity contribution in [3.63, 3.8) is 0 Å². The molecule has 0 saturated heterocycles. The van der Waals surface area contributed by atoms with Crippen LogP contribution in [0, 0.1) is 0 Å². The van der Waals surface area contributed by atoms with Crippen molar-refractivity contribution in [2.75, 3.05) is 16.8 Å². The number of nitrogens with one attached hydrogen (secondary N) is 1. The highest BCUT2D eigenvalue weighted by Gasteiger charge is 2.28. The number of carbonyl (C=O) groups is 2. The maximum absolute atomic E-state index is 11.8. The molecule has 1 unspecified atom stereocenters. The molecule has 4 nitrogen and oxygen atoms in total. The fourth-order valence-electron chi connectivity index (χ4n) is 1.74. The highest BCUT2D eigenvalue weighted by Crippen LogP contribution is 2.30. The van der Waals surface area contributed by atoms with Gasteiger partial charge in [-0.05, 0) is 19.1 Å². The molecule has 4 heteroatoms. The van der Waals surface area contributed by atoms with E-state index in [4.69, 9.17) is 0 Å². The lowest BCUT2D eigenvalue weighted by Gasteiger charge is -2.32. The topological polar surface area (TPSA) is 49.4 Å². The van der Waals surface area contributed by atoms with Crippen LogP contribution in [0.2, 0.25) is 0 Å². The van der Waals surface area contributed by atoms with Crippen LogP contribution in [-0.4, -0.2) is 24.8 Å². The minimum Gasteiger partial charge on any atom is -0.372 e. The maximum Gasteiger partial charge on any atom is 0.249 e. The van der Waals surface area contributed by atoms with Crippen molar-refractivity contribution in [2.24, 2.45) is 0 Å². The number of fused-ring (bicyclic) bond motifs is 1. The number of amides is 1. The Bertz CT molecular complexity index is 403. The largest absolute Gasteiger partial charge is 0.372 e. The first kappa shape index (κ1) is 9.71. The van der Waals surface area contributed by atoms with E-state index in [1.807, 2.05) is 24.3 Å². The average molecular weight is 204 g/mol. The highest BCUT2D eigenvalue weighted by molar-refractivity contribution is 6.06. The van der Waals surface area contributed by atoms with Crippen molar-refractivity contribution in [3.05, 3.63) is 24.3 Å². The van der Waals surface area contributed by atoms with Crippen LogP contribution < -0.4 is 10.2 Å². The van der Waals surface area contributed by atoms with Gasteiger partial charge in [0, 0.05) is 0 Å². The van der Waals surface area contributed by atoms with Crippen molar-refractivity contribution in [1.29, 1.82) is 0 Å². The lowest BCUT2D eigenvalue weighted by molar-refractivity contribution is -0.120. The van der Waals surface area contributed by atoms with Gasteiger partial charge >= 0.3 is 0 Å². The number of para-hydroxylation sites is 2. The van der Waals surface area contributed by atoms with E-state index in [-0.39, 0.29) is 18.5 Å². The minimum atomic E-state index is -0.278. The van der Waals surface area contributed by atoms with Gasteiger partial charge in [-0.15, -0.1) is 0 Å². The fourth-order valence-corrected chi connectivity index (χ4v) is 1.74. The van der Waals surface area contributed by atoms with Crippen LogP contribution in [0.15, 0.2) is 24.3 Å². The highest BCUT2D eigenvalue weighted by atomic mass is 16.2. The van der Waals surface area contributed by atoms with Crippen LogP contribution in [0.25, 0.3) is 0 Å². The zero-order valence-corrected chi connectivity index (χ0v) is 8.43. The van der Waals surface area contributed by atoms with E-state index in [2.05, 4.69) is 5.32 Å². The molecule has 15 heavy (non-hydrogen) atoms. The fraction of sp³-hybridized carbons (Fsp3) is 0.273. The number of nitrogens with zero attached hydrogens (tertiary/aromatic N) is 1. The van der Waals surface area contributed by atoms with Gasteiger partial charge in [0.05, 0.1) is 17.9 Å². The van der Waals surface area contributed by atoms with E-state index in [0.29, 0.717) is 0 Å². The zero-order chi connectivity index (χ0) is 10.8. The Kier molecular flexibility index (Phi) is 2.41. The molecule has 2 rings (SSSR count). The van der Waals surface area contributed by atoms with Crippen molar-refractivity contribution in [2.45, 2.75) is 13.0 Å². The van der Waals surface area contributed by atoms with Crippen LogP contribution in [0.1, 0.15) is 6.92 Å². The number of hydrogen-bond donors (Lipinski definition) is 1. The van der Waals surface area contributed by atoms with Gasteiger partial charge in [-0.25, -0.2) is 0 Å². The van der Waals surface area contributed by atoms with Crippen LogP contribution in [0.3, 0.4) is 0 Å². The smallest absolute Gasteiger partial charge is 0.249 e. The zero-order valence-electron chi connectivity index (χ0n) is 8.43. The summed E-state index contributed by atoms with van der Waals surface area (Å²) in [5, 5.41) is 3.09. The second-order valence-electron chi connectivity index (χ2n) is 3.50. The summed E-state index contributed by atoms with van der Waals surface area (Å²) in [5.74, 6) is -0.0687. The molecule has 1 aromatic carbocycles. The Morgan fingerprint density at radius 1 is 1.47 bits per heavy atom. The molecule has 1 aromatic rings. The lowest BCUT2D eigenvalue weighted by atomic mass is 10.1. The Morgan fingerprint density at radius 2 is 2.20 bits per heavy atom. The first-order chi connectivity index (χ1) is 7.24. The Labute approximate surface area is 87.9 Å². The van der Waals surface area contributed by atoms with Gasteiger partial charge < -0.3 is 15.0 Å². The number of benzene rings is 1. The Hall–Kier alpha value is -1.84. The predicted molar refractivity (Wildman–Crippen MR) is 57.9 cm³/mol. The average Bonchev–Trinajstić information content (AvgIpc) is 2.25. The van der Waals surface area contributed by atoms with Gasteiger partial charge in [0.15, 0.2) is 0 Å². The summed E-state index contributed by atoms with van der Waals surface area (Å²) >= 11 is 0. The van der Waals surface area contributed by atoms with Crippen LogP contribution in [0.5, 0.6) is 0 Å². The summed E-state index contributed by atoms with van der Waals surface area (Å²) in [6, 6.07) is 7.20. The van der Waals surface area contributed by atoms with Crippen LogP contribution >= 0.6 is 0 Å². The molecular weight excluding hydrogens is 192 g/mol. The molecule has 1 aliphatic rings. The van der Waals surface area contributed by atoms with Crippen LogP contribution in [-0.2, 0) is 9.59 Å². The van der Waals surface area contributed by atoms with Crippen molar-refractivity contribution >= 4 is 23.6 Å². The number of aldehydes is 1. The molecule has 0 fully saturated rings. The van der Waals surface area contributed by atoms with E-state index < -0.39 is 0 Å². The van der Waals surface area contributed by atoms with Crippen LogP contribution in [0.4, 0.5) is 11.4 Å². The third-order valence-electron chi connectivity index (χ3n) is 2.46. The van der Waals surface area contributed by atoms with E-state index in [0.717, 1.165) is 17.7 Å². The molecule has 0 radical (unpaired) electrons. The summed E-state index contributed by atoms with van der Waals surface area (Å²) in [5.41, 5.74) is 1.67. The van der Waals surface area contributed by atoms with E-state index in [1.165, 1.54) is 4.90 Å². The second-order valence-corrected chi connectivity index (χ2v) is 3.50. The molecule has 0 spiro atoms. The molecule has 1 aliphatic heterocycles. The van der Waals surface area contributed by atoms with Gasteiger partial charge in [0.2, 0.25) is 5.91 Å². The molecule has 0 aliphatic carbocycles. The molecular formula is C11H12N2O2. The summed E-state index contributed by atoms with van der Waals surface area (Å²) in [6.45, 7) is 1.90. The molecule has 0 aromatic heterocycles. The summed E-state index contributed by atoms with van der Waals surface area (Å²) in [7, 11) is 0. The maximum atomic E-state index is 11.8. The Morgan fingerprint density at radius 3 is 2.93 bits per heavy atom. The Balaban J connectivity index is 2.44. The van der Waals surface area contributed by atoms with E-state index in [1.54, 1.807) is 6.92 Å². The minimum absolute atomic E-state index is 0.0687. The van der Waals surface area contributed by atoms with Gasteiger partial charge in [-0.3, -0.25) is 4.79 Å². The number of rotatable bonds is 2. The standard InChI is InChI=1S/C11H12N2O2/c1-8-11(15)13(6-7-14)10-5-3-2-4-9(10)12-8/h2-5,7-8,12H,6H2,1H3. The van der Waals surface area contributed by atoms with E-state index in [9.17, 15) is 9.59 Å². The normalized spacial score (nSPS) is 19.4. The predicted octanol–water partition coefficient (Wildman–Crippen LogP) is 1.03. The number of carbonyl (C=O) groups excluding carboxylic acids is 2. The van der Waals surface area contributed by atoms with Gasteiger partial charge in [-0.2, -0.15) is 0 Å². The molecule has 1 N–H and O–H groups in total. The van der Waals surface area contributed by atoms with E-state index >= 15 is 0 Å². The second kappa shape index (κ2) is 3.73. The molecule has 1 atom stereocenters. The van der Waals surface area contributed by atoms with Gasteiger partial charge in [0.25, 0.3) is 0 Å². The molecule has 0 saturated carbocycles. The van der Waals surface area contributed by atoms with Crippen molar-refractivity contribution in [1.82, 2.24) is 0 Å². The SMILES string of the molecule is CC1Nc2ccccc2N(CC=O)C1=O. The first-order valence-corrected chi connectivity index (χ1v) is 4.84. The first-order valence-electron chi connectivity index (χ1n) is 4.84. The van der Waals surface area contributed by atoms with Crippen molar-refractivity contribution in [3.8, 4) is 0 Å².